The predicted molar refractivity (Wildman–Crippen MR) is 197 cm³/mol. The Labute approximate surface area is 308 Å². The zero-order chi connectivity index (χ0) is 37.1. The van der Waals surface area contributed by atoms with Crippen LogP contribution in [0.5, 0.6) is 5.75 Å². The SMILES string of the molecule is CCC(C)[C@H](NC(=O)OC)C(=O)N1[C@@H](C)CC[C@H]1c1ncc(-c2ccc3c(c2)COc2cc4c(cc2-3)CCc2[nH]c([C@@H]3CC[C@H](C)N3C(=O)O)nc2-4)[nH]1. The molecule has 2 saturated heterocycles. The molecule has 0 bridgehead atoms. The monoisotopic (exact) mass is 721 g/mol. The highest BCUT2D eigenvalue weighted by atomic mass is 16.5. The third kappa shape index (κ3) is 5.99. The number of rotatable bonds is 7. The van der Waals surface area contributed by atoms with Crippen molar-refractivity contribution in [1.82, 2.24) is 35.1 Å². The number of aryl methyl sites for hydroxylation is 2. The molecule has 2 aromatic carbocycles. The molecule has 1 unspecified atom stereocenters. The Balaban J connectivity index is 1.04. The molecule has 4 aromatic rings. The van der Waals surface area contributed by atoms with E-state index in [0.29, 0.717) is 6.61 Å². The number of aromatic nitrogens is 4. The summed E-state index contributed by atoms with van der Waals surface area (Å²) in [5.41, 5.74) is 9.26. The molecular weight excluding hydrogens is 674 g/mol. The second-order valence-electron chi connectivity index (χ2n) is 15.1. The van der Waals surface area contributed by atoms with E-state index in [1.165, 1.54) is 17.6 Å². The molecule has 0 saturated carbocycles. The molecule has 3 amide bonds. The van der Waals surface area contributed by atoms with Crippen LogP contribution in [0.3, 0.4) is 0 Å². The Bertz CT molecular complexity index is 2090. The molecule has 0 radical (unpaired) electrons. The zero-order valence-electron chi connectivity index (χ0n) is 30.9. The first-order valence-electron chi connectivity index (χ1n) is 18.8. The minimum Gasteiger partial charge on any atom is -0.488 e. The first kappa shape index (κ1) is 34.7. The van der Waals surface area contributed by atoms with Crippen molar-refractivity contribution in [3.8, 4) is 39.4 Å². The average molecular weight is 722 g/mol. The number of imidazole rings is 2. The lowest BCUT2D eigenvalue weighted by Gasteiger charge is -2.33. The van der Waals surface area contributed by atoms with Gasteiger partial charge in [0.15, 0.2) is 0 Å². The van der Waals surface area contributed by atoms with Gasteiger partial charge in [0, 0.05) is 28.9 Å². The summed E-state index contributed by atoms with van der Waals surface area (Å²) < 4.78 is 11.2. The molecule has 0 spiro atoms. The maximum Gasteiger partial charge on any atom is 0.408 e. The van der Waals surface area contributed by atoms with Crippen LogP contribution in [-0.4, -0.2) is 78.2 Å². The second-order valence-corrected chi connectivity index (χ2v) is 15.1. The molecule has 4 aliphatic rings. The highest BCUT2D eigenvalue weighted by molar-refractivity contribution is 5.87. The topological polar surface area (TPSA) is 166 Å². The Morgan fingerprint density at radius 2 is 1.72 bits per heavy atom. The molecule has 13 nitrogen and oxygen atoms in total. The number of methoxy groups -OCH3 is 1. The van der Waals surface area contributed by atoms with Gasteiger partial charge in [0.1, 0.15) is 30.0 Å². The van der Waals surface area contributed by atoms with E-state index >= 15 is 0 Å². The fourth-order valence-electron chi connectivity index (χ4n) is 8.81. The lowest BCUT2D eigenvalue weighted by Crippen LogP contribution is -2.53. The molecule has 5 heterocycles. The van der Waals surface area contributed by atoms with E-state index in [1.807, 2.05) is 38.8 Å². The molecular formula is C40H47N7O6. The van der Waals surface area contributed by atoms with Crippen LogP contribution in [0.15, 0.2) is 36.5 Å². The van der Waals surface area contributed by atoms with Crippen molar-refractivity contribution >= 4 is 18.1 Å². The van der Waals surface area contributed by atoms with Crippen LogP contribution in [-0.2, 0) is 29.0 Å². The number of likely N-dealkylation sites (tertiary alicyclic amines) is 2. The van der Waals surface area contributed by atoms with Crippen LogP contribution >= 0.6 is 0 Å². The van der Waals surface area contributed by atoms with Gasteiger partial charge in [0.25, 0.3) is 0 Å². The molecule has 2 aromatic heterocycles. The molecule has 2 fully saturated rings. The summed E-state index contributed by atoms with van der Waals surface area (Å²) in [6, 6.07) is 9.47. The van der Waals surface area contributed by atoms with Crippen LogP contribution in [0.1, 0.15) is 100 Å². The Morgan fingerprint density at radius 3 is 2.45 bits per heavy atom. The van der Waals surface area contributed by atoms with Crippen molar-refractivity contribution in [1.29, 1.82) is 0 Å². The van der Waals surface area contributed by atoms with Crippen LogP contribution in [0.25, 0.3) is 33.6 Å². The van der Waals surface area contributed by atoms with E-state index in [9.17, 15) is 19.5 Å². The van der Waals surface area contributed by atoms with Crippen LogP contribution in [0.2, 0.25) is 0 Å². The van der Waals surface area contributed by atoms with Gasteiger partial charge in [0.05, 0.1) is 36.8 Å². The molecule has 3 aliphatic heterocycles. The minimum atomic E-state index is -0.907. The molecule has 6 atom stereocenters. The van der Waals surface area contributed by atoms with Crippen LogP contribution < -0.4 is 10.1 Å². The summed E-state index contributed by atoms with van der Waals surface area (Å²) in [6.07, 6.45) is 5.87. The number of alkyl carbamates (subject to hydrolysis) is 1. The summed E-state index contributed by atoms with van der Waals surface area (Å²) in [5, 5.41) is 12.6. The van der Waals surface area contributed by atoms with E-state index in [1.54, 1.807) is 0 Å². The number of H-pyrrole nitrogens is 2. The average Bonchev–Trinajstić information content (AvgIpc) is 3.97. The first-order valence-corrected chi connectivity index (χ1v) is 18.8. The van der Waals surface area contributed by atoms with Gasteiger partial charge in [-0.15, -0.1) is 0 Å². The number of carboxylic acid groups (broad SMARTS) is 1. The number of hydrogen-bond donors (Lipinski definition) is 4. The number of ether oxygens (including phenoxy) is 2. The van der Waals surface area contributed by atoms with Crippen molar-refractivity contribution in [2.24, 2.45) is 5.92 Å². The smallest absolute Gasteiger partial charge is 0.408 e. The molecule has 4 N–H and O–H groups in total. The summed E-state index contributed by atoms with van der Waals surface area (Å²) in [5.74, 6) is 2.07. The minimum absolute atomic E-state index is 0.00108. The Hall–Kier alpha value is -5.33. The van der Waals surface area contributed by atoms with E-state index < -0.39 is 18.2 Å². The number of carbonyl (C=O) groups is 3. The number of amides is 3. The summed E-state index contributed by atoms with van der Waals surface area (Å²) in [7, 11) is 1.31. The van der Waals surface area contributed by atoms with E-state index in [2.05, 4.69) is 45.6 Å². The van der Waals surface area contributed by atoms with Gasteiger partial charge in [-0.2, -0.15) is 0 Å². The molecule has 53 heavy (non-hydrogen) atoms. The highest BCUT2D eigenvalue weighted by Crippen LogP contribution is 2.46. The number of carbonyl (C=O) groups excluding carboxylic acids is 2. The number of fused-ring (bicyclic) bond motifs is 6. The van der Waals surface area contributed by atoms with Crippen LogP contribution in [0, 0.1) is 5.92 Å². The first-order chi connectivity index (χ1) is 25.6. The maximum atomic E-state index is 14.0. The standard InChI is InChI=1S/C40H47N7O6/c1-6-20(2)34(45-39(49)52-5)38(48)46-21(3)7-13-31(46)36-41-18-30(43-36)24-9-11-26-25(15-24)19-53-33-17-27-23(16-28(26)33)10-12-29-35(27)44-37(42-29)32-14-8-22(4)47(32)40(50)51/h9,11,15-18,20-22,31-32,34H,6-8,10,12-14,19H2,1-5H3,(H,41,43)(H,42,44)(H,45,49)(H,50,51)/t20?,21-,22-,31-,32-,34-/m0/s1. The largest absolute Gasteiger partial charge is 0.488 e. The van der Waals surface area contributed by atoms with E-state index in [-0.39, 0.29) is 36.0 Å². The van der Waals surface area contributed by atoms with Crippen molar-refractivity contribution < 1.29 is 29.0 Å². The van der Waals surface area contributed by atoms with Gasteiger partial charge in [-0.25, -0.2) is 19.6 Å². The number of nitrogens with zero attached hydrogens (tertiary/aromatic N) is 4. The van der Waals surface area contributed by atoms with Gasteiger partial charge in [-0.3, -0.25) is 9.69 Å². The zero-order valence-corrected chi connectivity index (χ0v) is 30.9. The summed E-state index contributed by atoms with van der Waals surface area (Å²) >= 11 is 0. The quantitative estimate of drug-likeness (QED) is 0.156. The molecule has 13 heteroatoms. The van der Waals surface area contributed by atoms with Gasteiger partial charge in [-0.05, 0) is 98.7 Å². The lowest BCUT2D eigenvalue weighted by molar-refractivity contribution is -0.137. The van der Waals surface area contributed by atoms with E-state index in [4.69, 9.17) is 19.4 Å². The fourth-order valence-corrected chi connectivity index (χ4v) is 8.81. The van der Waals surface area contributed by atoms with Crippen molar-refractivity contribution in [3.63, 3.8) is 0 Å². The second kappa shape index (κ2) is 13.6. The van der Waals surface area contributed by atoms with Crippen molar-refractivity contribution in [2.75, 3.05) is 7.11 Å². The third-order valence-corrected chi connectivity index (χ3v) is 12.0. The highest BCUT2D eigenvalue weighted by Gasteiger charge is 2.42. The normalized spacial score (nSPS) is 22.6. The fraction of sp³-hybridized carbons (Fsp3) is 0.475. The van der Waals surface area contributed by atoms with Crippen molar-refractivity contribution in [2.45, 2.75) is 109 Å². The number of hydrogen-bond acceptors (Lipinski definition) is 7. The molecule has 278 valence electrons. The Morgan fingerprint density at radius 1 is 0.962 bits per heavy atom. The summed E-state index contributed by atoms with van der Waals surface area (Å²) in [4.78, 5) is 58.3. The molecule has 8 rings (SSSR count). The van der Waals surface area contributed by atoms with Crippen molar-refractivity contribution in [3.05, 3.63) is 65.0 Å². The van der Waals surface area contributed by atoms with Crippen LogP contribution in [0.4, 0.5) is 9.59 Å². The van der Waals surface area contributed by atoms with Gasteiger partial charge >= 0.3 is 12.2 Å². The Kier molecular flexibility index (Phi) is 8.90. The maximum absolute atomic E-state index is 14.0. The third-order valence-electron chi connectivity index (χ3n) is 12.0. The number of aromatic amines is 2. The van der Waals surface area contributed by atoms with Gasteiger partial charge in [0.2, 0.25) is 5.91 Å². The van der Waals surface area contributed by atoms with E-state index in [0.717, 1.165) is 107 Å². The number of nitrogens with one attached hydrogen (secondary N) is 3. The predicted octanol–water partition coefficient (Wildman–Crippen LogP) is 7.15. The van der Waals surface area contributed by atoms with Gasteiger partial charge < -0.3 is 34.8 Å². The summed E-state index contributed by atoms with van der Waals surface area (Å²) in [6.45, 7) is 8.38. The van der Waals surface area contributed by atoms with Gasteiger partial charge in [-0.1, -0.05) is 32.4 Å². The molecule has 1 aliphatic carbocycles. The lowest BCUT2D eigenvalue weighted by atomic mass is 9.86. The number of benzene rings is 2.